The molecule has 0 saturated carbocycles. The Labute approximate surface area is 120 Å². The molecule has 0 atom stereocenters. The summed E-state index contributed by atoms with van der Waals surface area (Å²) in [7, 11) is 0. The Morgan fingerprint density at radius 3 is 3.00 bits per heavy atom. The van der Waals surface area contributed by atoms with Crippen molar-refractivity contribution in [1.82, 2.24) is 25.3 Å². The molecule has 0 unspecified atom stereocenters. The van der Waals surface area contributed by atoms with Crippen LogP contribution < -0.4 is 11.1 Å². The van der Waals surface area contributed by atoms with Gasteiger partial charge in [0.1, 0.15) is 11.5 Å². The van der Waals surface area contributed by atoms with E-state index >= 15 is 0 Å². The van der Waals surface area contributed by atoms with Crippen LogP contribution in [0.2, 0.25) is 0 Å². The Hall–Kier alpha value is -2.96. The first kappa shape index (κ1) is 13.0. The zero-order chi connectivity index (χ0) is 14.7. The monoisotopic (exact) mass is 282 g/mol. The molecule has 0 bridgehead atoms. The van der Waals surface area contributed by atoms with Crippen molar-refractivity contribution in [3.05, 3.63) is 48.4 Å². The Morgan fingerprint density at radius 1 is 1.33 bits per heavy atom. The molecule has 0 spiro atoms. The fourth-order valence-electron chi connectivity index (χ4n) is 2.07. The van der Waals surface area contributed by atoms with Crippen molar-refractivity contribution in [1.29, 1.82) is 0 Å². The maximum atomic E-state index is 12.1. The van der Waals surface area contributed by atoms with Crippen molar-refractivity contribution in [3.63, 3.8) is 0 Å². The first-order chi connectivity index (χ1) is 10.2. The Balaban J connectivity index is 1.72. The minimum atomic E-state index is -0.257. The number of nitrogens with one attached hydrogen (secondary N) is 1. The number of nitrogens with two attached hydrogens (primary N) is 1. The summed E-state index contributed by atoms with van der Waals surface area (Å²) in [6.45, 7) is 0.991. The Kier molecular flexibility index (Phi) is 3.46. The topological polar surface area (TPSA) is 98.7 Å². The quantitative estimate of drug-likeness (QED) is 0.738. The molecular formula is C14H14N6O. The number of carbonyl (C=O) groups excluding carboxylic acids is 1. The highest BCUT2D eigenvalue weighted by Gasteiger charge is 2.10. The first-order valence-electron chi connectivity index (χ1n) is 6.51. The van der Waals surface area contributed by atoms with E-state index in [9.17, 15) is 4.79 Å². The summed E-state index contributed by atoms with van der Waals surface area (Å²) in [6.07, 6.45) is 3.33. The standard InChI is InChI=1S/C14H14N6O/c15-13-11-4-2-1-3-10(11)9-12(18-13)14(21)16-5-7-20-8-6-17-19-20/h1-4,6,8-9H,5,7H2,(H2,15,18)(H,16,21). The maximum absolute atomic E-state index is 12.1. The molecule has 0 fully saturated rings. The van der Waals surface area contributed by atoms with E-state index in [1.807, 2.05) is 24.3 Å². The summed E-state index contributed by atoms with van der Waals surface area (Å²) in [5, 5.41) is 12.0. The SMILES string of the molecule is Nc1nc(C(=O)NCCn2ccnn2)cc2ccccc12. The van der Waals surface area contributed by atoms with E-state index in [4.69, 9.17) is 5.73 Å². The number of anilines is 1. The number of hydrogen-bond acceptors (Lipinski definition) is 5. The molecule has 3 aromatic rings. The summed E-state index contributed by atoms with van der Waals surface area (Å²) in [6, 6.07) is 9.30. The smallest absolute Gasteiger partial charge is 0.270 e. The number of benzene rings is 1. The molecule has 1 aromatic carbocycles. The van der Waals surface area contributed by atoms with E-state index in [-0.39, 0.29) is 5.91 Å². The van der Waals surface area contributed by atoms with Gasteiger partial charge in [-0.3, -0.25) is 9.48 Å². The molecule has 0 aliphatic heterocycles. The number of carbonyl (C=O) groups is 1. The fraction of sp³-hybridized carbons (Fsp3) is 0.143. The minimum Gasteiger partial charge on any atom is -0.383 e. The lowest BCUT2D eigenvalue weighted by Gasteiger charge is -2.07. The average Bonchev–Trinajstić information content (AvgIpc) is 3.00. The number of pyridine rings is 1. The Bertz CT molecular complexity index is 768. The number of fused-ring (bicyclic) bond motifs is 1. The summed E-state index contributed by atoms with van der Waals surface area (Å²) in [5.41, 5.74) is 6.20. The third kappa shape index (κ3) is 2.81. The molecule has 0 aliphatic rings. The van der Waals surface area contributed by atoms with E-state index in [1.165, 1.54) is 0 Å². The van der Waals surface area contributed by atoms with Gasteiger partial charge < -0.3 is 11.1 Å². The second kappa shape index (κ2) is 5.58. The second-order valence-corrected chi connectivity index (χ2v) is 4.54. The number of aromatic nitrogens is 4. The molecule has 7 nitrogen and oxygen atoms in total. The zero-order valence-corrected chi connectivity index (χ0v) is 11.2. The molecule has 3 N–H and O–H groups in total. The highest BCUT2D eigenvalue weighted by atomic mass is 16.1. The third-order valence-electron chi connectivity index (χ3n) is 3.10. The predicted octanol–water partition coefficient (Wildman–Crippen LogP) is 0.839. The number of nitrogens with zero attached hydrogens (tertiary/aromatic N) is 4. The summed E-state index contributed by atoms with van der Waals surface area (Å²) in [4.78, 5) is 16.2. The van der Waals surface area contributed by atoms with Gasteiger partial charge in [0, 0.05) is 18.1 Å². The first-order valence-corrected chi connectivity index (χ1v) is 6.51. The van der Waals surface area contributed by atoms with Crippen LogP contribution in [0.5, 0.6) is 0 Å². The second-order valence-electron chi connectivity index (χ2n) is 4.54. The lowest BCUT2D eigenvalue weighted by Crippen LogP contribution is -2.28. The third-order valence-corrected chi connectivity index (χ3v) is 3.10. The van der Waals surface area contributed by atoms with Gasteiger partial charge >= 0.3 is 0 Å². The molecule has 3 rings (SSSR count). The van der Waals surface area contributed by atoms with Crippen LogP contribution in [-0.2, 0) is 6.54 Å². The van der Waals surface area contributed by atoms with Crippen LogP contribution in [0.1, 0.15) is 10.5 Å². The van der Waals surface area contributed by atoms with Crippen LogP contribution in [-0.4, -0.2) is 32.4 Å². The van der Waals surface area contributed by atoms with E-state index in [1.54, 1.807) is 23.1 Å². The molecule has 2 aromatic heterocycles. The van der Waals surface area contributed by atoms with Crippen molar-refractivity contribution in [2.75, 3.05) is 12.3 Å². The van der Waals surface area contributed by atoms with Gasteiger partial charge in [-0.25, -0.2) is 4.98 Å². The maximum Gasteiger partial charge on any atom is 0.270 e. The molecule has 0 radical (unpaired) electrons. The molecule has 1 amide bonds. The van der Waals surface area contributed by atoms with Crippen molar-refractivity contribution in [3.8, 4) is 0 Å². The van der Waals surface area contributed by atoms with Crippen molar-refractivity contribution in [2.45, 2.75) is 6.54 Å². The molecule has 2 heterocycles. The van der Waals surface area contributed by atoms with Crippen LogP contribution in [0, 0.1) is 0 Å². The van der Waals surface area contributed by atoms with Crippen molar-refractivity contribution < 1.29 is 4.79 Å². The molecule has 0 aliphatic carbocycles. The summed E-state index contributed by atoms with van der Waals surface area (Å²) >= 11 is 0. The van der Waals surface area contributed by atoms with E-state index < -0.39 is 0 Å². The number of nitrogen functional groups attached to an aromatic ring is 1. The molecule has 0 saturated heterocycles. The van der Waals surface area contributed by atoms with E-state index in [0.29, 0.717) is 24.6 Å². The van der Waals surface area contributed by atoms with Crippen molar-refractivity contribution in [2.24, 2.45) is 0 Å². The van der Waals surface area contributed by atoms with Gasteiger partial charge in [-0.05, 0) is 11.5 Å². The van der Waals surface area contributed by atoms with Crippen LogP contribution in [0.4, 0.5) is 5.82 Å². The van der Waals surface area contributed by atoms with Crippen molar-refractivity contribution >= 4 is 22.5 Å². The largest absolute Gasteiger partial charge is 0.383 e. The number of rotatable bonds is 4. The van der Waals surface area contributed by atoms with Gasteiger partial charge in [-0.2, -0.15) is 0 Å². The van der Waals surface area contributed by atoms with Gasteiger partial charge in [-0.1, -0.05) is 29.5 Å². The molecular weight excluding hydrogens is 268 g/mol. The predicted molar refractivity (Wildman–Crippen MR) is 78.5 cm³/mol. The van der Waals surface area contributed by atoms with Crippen LogP contribution in [0.15, 0.2) is 42.7 Å². The normalized spacial score (nSPS) is 10.7. The number of hydrogen-bond donors (Lipinski definition) is 2. The zero-order valence-electron chi connectivity index (χ0n) is 11.2. The minimum absolute atomic E-state index is 0.257. The fourth-order valence-corrected chi connectivity index (χ4v) is 2.07. The lowest BCUT2D eigenvalue weighted by atomic mass is 10.1. The highest BCUT2D eigenvalue weighted by molar-refractivity contribution is 5.99. The van der Waals surface area contributed by atoms with Crippen LogP contribution in [0.25, 0.3) is 10.8 Å². The Morgan fingerprint density at radius 2 is 2.19 bits per heavy atom. The number of amides is 1. The molecule has 21 heavy (non-hydrogen) atoms. The van der Waals surface area contributed by atoms with E-state index in [0.717, 1.165) is 10.8 Å². The van der Waals surface area contributed by atoms with Crippen LogP contribution in [0.3, 0.4) is 0 Å². The van der Waals surface area contributed by atoms with Gasteiger partial charge in [-0.15, -0.1) is 5.10 Å². The molecule has 106 valence electrons. The molecule has 7 heteroatoms. The summed E-state index contributed by atoms with van der Waals surface area (Å²) < 4.78 is 1.64. The van der Waals surface area contributed by atoms with Gasteiger partial charge in [0.05, 0.1) is 12.7 Å². The van der Waals surface area contributed by atoms with Gasteiger partial charge in [0.2, 0.25) is 0 Å². The lowest BCUT2D eigenvalue weighted by molar-refractivity contribution is 0.0947. The van der Waals surface area contributed by atoms with Gasteiger partial charge in [0.15, 0.2) is 0 Å². The van der Waals surface area contributed by atoms with Crippen LogP contribution >= 0.6 is 0 Å². The average molecular weight is 282 g/mol. The summed E-state index contributed by atoms with van der Waals surface area (Å²) in [5.74, 6) is 0.0992. The van der Waals surface area contributed by atoms with Gasteiger partial charge in [0.25, 0.3) is 5.91 Å². The van der Waals surface area contributed by atoms with E-state index in [2.05, 4.69) is 20.6 Å². The highest BCUT2D eigenvalue weighted by Crippen LogP contribution is 2.19.